The Hall–Kier alpha value is -5.59. The number of aromatic nitrogens is 4. The van der Waals surface area contributed by atoms with Crippen LogP contribution >= 0.6 is 23.2 Å². The van der Waals surface area contributed by atoms with Gasteiger partial charge in [-0.1, -0.05) is 33.5 Å². The molecule has 0 atom stereocenters. The number of ether oxygens (including phenoxy) is 3. The number of benzene rings is 4. The Morgan fingerprint density at radius 1 is 0.689 bits per heavy atom. The smallest absolute Gasteiger partial charge is 0.326 e. The highest BCUT2D eigenvalue weighted by atomic mass is 35.5. The molecule has 0 unspecified atom stereocenters. The van der Waals surface area contributed by atoms with E-state index in [1.165, 1.54) is 11.3 Å². The number of hydrogen-bond acceptors (Lipinski definition) is 12. The summed E-state index contributed by atoms with van der Waals surface area (Å²) >= 11 is 12.7. The molecule has 61 heavy (non-hydrogen) atoms. The van der Waals surface area contributed by atoms with E-state index >= 15 is 0 Å². The lowest BCUT2D eigenvalue weighted by Crippen LogP contribution is -2.37. The molecule has 4 heterocycles. The van der Waals surface area contributed by atoms with Gasteiger partial charge in [-0.3, -0.25) is 4.79 Å². The molecule has 0 radical (unpaired) electrons. The van der Waals surface area contributed by atoms with Gasteiger partial charge in [0.2, 0.25) is 11.6 Å². The summed E-state index contributed by atoms with van der Waals surface area (Å²) in [6, 6.07) is 23.3. The van der Waals surface area contributed by atoms with E-state index in [1.54, 1.807) is 12.1 Å². The molecule has 2 aromatic heterocycles. The monoisotopic (exact) mass is 866 g/mol. The fourth-order valence-corrected chi connectivity index (χ4v) is 7.77. The molecule has 0 fully saturated rings. The molecule has 2 aliphatic heterocycles. The zero-order valence-corrected chi connectivity index (χ0v) is 37.4. The standard InChI is InChI=1S/C26H30ClN3O4.C21H22ClN3O2/c1-16(2)32-22-11-9-18(14-20(22)27)24-28-25(34-29-24)19-8-10-21-17(13-19)7-6-12-30(21)15-23(31)33-26(3,4)5;1-13(2)26-19-9-7-15(12-17(19)22)20-23-21(27-24-20)16-6-8-18-14(11-16)5-4-10-25(18)3/h8-11,13-14,16H,6-7,12,15H2,1-5H3;6-9,11-13H,4-5,10H2,1-3H3. The van der Waals surface area contributed by atoms with E-state index in [-0.39, 0.29) is 24.7 Å². The summed E-state index contributed by atoms with van der Waals surface area (Å²) in [6.45, 7) is 15.6. The number of carbonyl (C=O) groups excluding carboxylic acids is 1. The molecule has 14 heteroatoms. The van der Waals surface area contributed by atoms with Crippen molar-refractivity contribution in [3.05, 3.63) is 94.0 Å². The van der Waals surface area contributed by atoms with E-state index in [4.69, 9.17) is 46.5 Å². The molecule has 6 aromatic rings. The molecule has 0 saturated carbocycles. The largest absolute Gasteiger partial charge is 0.489 e. The van der Waals surface area contributed by atoms with E-state index in [2.05, 4.69) is 55.3 Å². The maximum atomic E-state index is 12.3. The molecule has 0 spiro atoms. The van der Waals surface area contributed by atoms with Crippen molar-refractivity contribution in [2.24, 2.45) is 0 Å². The first-order valence-corrected chi connectivity index (χ1v) is 21.4. The van der Waals surface area contributed by atoms with Crippen LogP contribution in [0.15, 0.2) is 81.8 Å². The van der Waals surface area contributed by atoms with Crippen molar-refractivity contribution >= 4 is 40.5 Å². The highest BCUT2D eigenvalue weighted by molar-refractivity contribution is 6.32. The molecule has 4 aromatic carbocycles. The first kappa shape index (κ1) is 43.5. The highest BCUT2D eigenvalue weighted by Crippen LogP contribution is 2.36. The average molecular weight is 868 g/mol. The minimum atomic E-state index is -0.499. The molecule has 2 aliphatic rings. The molecule has 0 amide bonds. The minimum Gasteiger partial charge on any atom is -0.489 e. The maximum Gasteiger partial charge on any atom is 0.326 e. The van der Waals surface area contributed by atoms with Crippen LogP contribution in [0.3, 0.4) is 0 Å². The number of fused-ring (bicyclic) bond motifs is 2. The third-order valence-corrected chi connectivity index (χ3v) is 10.5. The summed E-state index contributed by atoms with van der Waals surface area (Å²) in [4.78, 5) is 25.8. The van der Waals surface area contributed by atoms with E-state index in [0.29, 0.717) is 45.0 Å². The van der Waals surface area contributed by atoms with Crippen molar-refractivity contribution in [1.29, 1.82) is 0 Å². The second-order valence-corrected chi connectivity index (χ2v) is 17.6. The molecule has 0 N–H and O–H groups in total. The van der Waals surface area contributed by atoms with Gasteiger partial charge in [-0.2, -0.15) is 9.97 Å². The molecular formula is C47H52Cl2N6O6. The van der Waals surface area contributed by atoms with Gasteiger partial charge in [-0.15, -0.1) is 0 Å². The fourth-order valence-electron chi connectivity index (χ4n) is 7.32. The highest BCUT2D eigenvalue weighted by Gasteiger charge is 2.24. The van der Waals surface area contributed by atoms with Crippen molar-refractivity contribution < 1.29 is 28.1 Å². The Morgan fingerprint density at radius 3 is 1.66 bits per heavy atom. The van der Waals surface area contributed by atoms with Gasteiger partial charge in [-0.25, -0.2) is 0 Å². The third kappa shape index (κ3) is 10.8. The second kappa shape index (κ2) is 18.6. The summed E-state index contributed by atoms with van der Waals surface area (Å²) in [5.74, 6) is 2.96. The lowest BCUT2D eigenvalue weighted by molar-refractivity contribution is -0.153. The Labute approximate surface area is 367 Å². The van der Waals surface area contributed by atoms with Crippen LogP contribution in [0, 0.1) is 0 Å². The predicted octanol–water partition coefficient (Wildman–Crippen LogP) is 11.2. The van der Waals surface area contributed by atoms with Crippen LogP contribution in [0.5, 0.6) is 11.5 Å². The average Bonchev–Trinajstić information content (AvgIpc) is 3.90. The Morgan fingerprint density at radius 2 is 1.16 bits per heavy atom. The number of anilines is 2. The van der Waals surface area contributed by atoms with Crippen molar-refractivity contribution in [3.8, 4) is 57.2 Å². The molecule has 320 valence electrons. The third-order valence-electron chi connectivity index (χ3n) is 9.92. The lowest BCUT2D eigenvalue weighted by Gasteiger charge is -2.31. The van der Waals surface area contributed by atoms with E-state index in [1.807, 2.05) is 90.9 Å². The van der Waals surface area contributed by atoms with E-state index < -0.39 is 5.60 Å². The van der Waals surface area contributed by atoms with Gasteiger partial charge in [0, 0.05) is 53.8 Å². The van der Waals surface area contributed by atoms with Crippen LogP contribution in [-0.2, 0) is 22.4 Å². The summed E-state index contributed by atoms with van der Waals surface area (Å²) in [5, 5.41) is 9.29. The van der Waals surface area contributed by atoms with Crippen LogP contribution in [0.25, 0.3) is 45.7 Å². The van der Waals surface area contributed by atoms with Gasteiger partial charge >= 0.3 is 5.97 Å². The normalized spacial score (nSPS) is 13.7. The second-order valence-electron chi connectivity index (χ2n) is 16.8. The summed E-state index contributed by atoms with van der Waals surface area (Å²) in [5.41, 5.74) is 7.59. The summed E-state index contributed by atoms with van der Waals surface area (Å²) < 4.78 is 27.9. The zero-order chi connectivity index (χ0) is 43.4. The van der Waals surface area contributed by atoms with Gasteiger partial charge in [0.25, 0.3) is 11.8 Å². The van der Waals surface area contributed by atoms with Gasteiger partial charge in [0.15, 0.2) is 0 Å². The first-order valence-electron chi connectivity index (χ1n) is 20.7. The molecule has 0 bridgehead atoms. The van der Waals surface area contributed by atoms with Gasteiger partial charge in [0.05, 0.1) is 22.3 Å². The van der Waals surface area contributed by atoms with Crippen LogP contribution in [0.1, 0.15) is 72.4 Å². The van der Waals surface area contributed by atoms with Gasteiger partial charge < -0.3 is 33.1 Å². The Balaban J connectivity index is 0.000000189. The van der Waals surface area contributed by atoms with E-state index in [0.717, 1.165) is 72.3 Å². The SMILES string of the molecule is CC(C)Oc1ccc(-c2noc(-c3ccc4c(c3)CCCN4C)n2)cc1Cl.CC(C)Oc1ccc(-c2noc(-c3ccc4c(c3)CCCN4CC(=O)OC(C)(C)C)n2)cc1Cl. The number of rotatable bonds is 10. The lowest BCUT2D eigenvalue weighted by atomic mass is 9.99. The van der Waals surface area contributed by atoms with Gasteiger partial charge in [-0.05, 0) is 158 Å². The zero-order valence-electron chi connectivity index (χ0n) is 35.9. The van der Waals surface area contributed by atoms with Crippen LogP contribution in [-0.4, -0.2) is 70.7 Å². The molecular weight excluding hydrogens is 815 g/mol. The summed E-state index contributed by atoms with van der Waals surface area (Å²) in [6.07, 6.45) is 4.20. The number of esters is 1. The van der Waals surface area contributed by atoms with Crippen LogP contribution in [0.2, 0.25) is 10.0 Å². The number of carbonyl (C=O) groups is 1. The van der Waals surface area contributed by atoms with Crippen molar-refractivity contribution in [2.45, 2.75) is 92.0 Å². The first-order chi connectivity index (χ1) is 29.1. The van der Waals surface area contributed by atoms with Crippen LogP contribution in [0.4, 0.5) is 11.4 Å². The fraction of sp³-hybridized carbons (Fsp3) is 0.383. The predicted molar refractivity (Wildman–Crippen MR) is 240 cm³/mol. The summed E-state index contributed by atoms with van der Waals surface area (Å²) in [7, 11) is 2.12. The molecule has 12 nitrogen and oxygen atoms in total. The van der Waals surface area contributed by atoms with Gasteiger partial charge in [0.1, 0.15) is 23.6 Å². The topological polar surface area (TPSA) is 129 Å². The van der Waals surface area contributed by atoms with Crippen molar-refractivity contribution in [2.75, 3.05) is 36.5 Å². The number of hydrogen-bond donors (Lipinski definition) is 0. The quantitative estimate of drug-likeness (QED) is 0.122. The number of nitrogens with zero attached hydrogens (tertiary/aromatic N) is 6. The van der Waals surface area contributed by atoms with Crippen molar-refractivity contribution in [1.82, 2.24) is 20.3 Å². The number of halogens is 2. The number of aryl methyl sites for hydroxylation is 2. The van der Waals surface area contributed by atoms with E-state index in [9.17, 15) is 4.79 Å². The Kier molecular flexibility index (Phi) is 13.2. The molecule has 8 rings (SSSR count). The van der Waals surface area contributed by atoms with Crippen LogP contribution < -0.4 is 19.3 Å². The molecule has 0 saturated heterocycles. The Bertz CT molecular complexity index is 2490. The maximum absolute atomic E-state index is 12.3. The minimum absolute atomic E-state index is 0.0317. The van der Waals surface area contributed by atoms with Crippen molar-refractivity contribution in [3.63, 3.8) is 0 Å². The molecule has 0 aliphatic carbocycles.